The first-order valence-electron chi connectivity index (χ1n) is 13.4. The Labute approximate surface area is 223 Å². The van der Waals surface area contributed by atoms with Crippen LogP contribution in [0.2, 0.25) is 0 Å². The molecule has 3 unspecified atom stereocenters. The van der Waals surface area contributed by atoms with Gasteiger partial charge in [-0.15, -0.1) is 0 Å². The highest BCUT2D eigenvalue weighted by atomic mass is 16.5. The lowest BCUT2D eigenvalue weighted by Crippen LogP contribution is -2.65. The van der Waals surface area contributed by atoms with Crippen LogP contribution in [0.25, 0.3) is 11.1 Å². The van der Waals surface area contributed by atoms with E-state index in [2.05, 4.69) is 132 Å². The number of hydrogen-bond donors (Lipinski definition) is 0. The topological polar surface area (TPSA) is 21.7 Å². The second-order valence-corrected chi connectivity index (χ2v) is 10.4. The van der Waals surface area contributed by atoms with Crippen LogP contribution in [0.15, 0.2) is 127 Å². The minimum Gasteiger partial charge on any atom is -0.458 e. The summed E-state index contributed by atoms with van der Waals surface area (Å²) >= 11 is 0. The molecule has 3 heterocycles. The number of rotatable bonds is 3. The normalized spacial score (nSPS) is 20.8. The van der Waals surface area contributed by atoms with Gasteiger partial charge < -0.3 is 14.4 Å². The summed E-state index contributed by atoms with van der Waals surface area (Å²) in [6.07, 6.45) is 0.965. The third-order valence-corrected chi connectivity index (χ3v) is 8.29. The Morgan fingerprint density at radius 1 is 0.658 bits per heavy atom. The fraction of sp³-hybridized carbons (Fsp3) is 0.118. The van der Waals surface area contributed by atoms with Crippen LogP contribution in [-0.4, -0.2) is 18.8 Å². The maximum Gasteiger partial charge on any atom is 0.256 e. The van der Waals surface area contributed by atoms with Crippen molar-refractivity contribution in [1.82, 2.24) is 0 Å². The number of para-hydroxylation sites is 2. The lowest BCUT2D eigenvalue weighted by Gasteiger charge is -2.45. The fourth-order valence-corrected chi connectivity index (χ4v) is 6.67. The van der Waals surface area contributed by atoms with Gasteiger partial charge in [-0.3, -0.25) is 0 Å². The molecule has 3 atom stereocenters. The van der Waals surface area contributed by atoms with Gasteiger partial charge in [0.1, 0.15) is 11.5 Å². The van der Waals surface area contributed by atoms with Gasteiger partial charge in [0, 0.05) is 17.8 Å². The second-order valence-electron chi connectivity index (χ2n) is 10.4. The van der Waals surface area contributed by atoms with Gasteiger partial charge in [-0.2, -0.15) is 0 Å². The van der Waals surface area contributed by atoms with E-state index in [1.54, 1.807) is 0 Å². The molecule has 0 aromatic heterocycles. The van der Waals surface area contributed by atoms with Crippen molar-refractivity contribution in [2.75, 3.05) is 4.90 Å². The van der Waals surface area contributed by atoms with Crippen molar-refractivity contribution in [3.63, 3.8) is 0 Å². The van der Waals surface area contributed by atoms with Gasteiger partial charge in [-0.05, 0) is 57.9 Å². The molecule has 8 rings (SSSR count). The van der Waals surface area contributed by atoms with E-state index in [9.17, 15) is 0 Å². The second kappa shape index (κ2) is 8.64. The number of hydrogen-bond acceptors (Lipinski definition) is 3. The quantitative estimate of drug-likeness (QED) is 0.264. The zero-order valence-electron chi connectivity index (χ0n) is 20.9. The van der Waals surface area contributed by atoms with Crippen molar-refractivity contribution in [1.29, 1.82) is 0 Å². The first-order valence-corrected chi connectivity index (χ1v) is 13.4. The van der Waals surface area contributed by atoms with E-state index in [-0.39, 0.29) is 24.9 Å². The third kappa shape index (κ3) is 3.34. The van der Waals surface area contributed by atoms with Crippen molar-refractivity contribution >= 4 is 29.0 Å². The standard InChI is InChI=1S/C34H26BNO2/c1-4-12-23(13-5-1)25-20-28-33-32(21-25)37-30-19-11-10-18-27(30)35(33)34-29(36(28)26-16-8-3-9-17-26)22-31(38-34)24-14-6-2-7-15-24/h1-21,29,31,34H,22H2. The van der Waals surface area contributed by atoms with Crippen LogP contribution in [0, 0.1) is 0 Å². The average molecular weight is 491 g/mol. The predicted molar refractivity (Wildman–Crippen MR) is 154 cm³/mol. The first-order chi connectivity index (χ1) is 18.8. The summed E-state index contributed by atoms with van der Waals surface area (Å²) in [5.74, 6) is 1.86. The molecule has 5 aromatic carbocycles. The molecular formula is C34H26BNO2. The molecule has 0 radical (unpaired) electrons. The predicted octanol–water partition coefficient (Wildman–Crippen LogP) is 6.66. The van der Waals surface area contributed by atoms with Crippen molar-refractivity contribution in [2.24, 2.45) is 0 Å². The molecule has 182 valence electrons. The van der Waals surface area contributed by atoms with Gasteiger partial charge in [-0.25, -0.2) is 0 Å². The molecule has 3 nitrogen and oxygen atoms in total. The van der Waals surface area contributed by atoms with Crippen LogP contribution in [-0.2, 0) is 4.74 Å². The van der Waals surface area contributed by atoms with Gasteiger partial charge in [0.05, 0.1) is 18.1 Å². The smallest absolute Gasteiger partial charge is 0.256 e. The summed E-state index contributed by atoms with van der Waals surface area (Å²) in [6.45, 7) is 0.105. The maximum absolute atomic E-state index is 7.03. The Bertz CT molecular complexity index is 1620. The maximum atomic E-state index is 7.03. The van der Waals surface area contributed by atoms with Crippen LogP contribution in [0.5, 0.6) is 11.5 Å². The Morgan fingerprint density at radius 3 is 2.13 bits per heavy atom. The van der Waals surface area contributed by atoms with Gasteiger partial charge in [0.15, 0.2) is 0 Å². The number of anilines is 2. The lowest BCUT2D eigenvalue weighted by molar-refractivity contribution is 0.0830. The van der Waals surface area contributed by atoms with Gasteiger partial charge in [0.2, 0.25) is 0 Å². The molecule has 0 bridgehead atoms. The Kier molecular flexibility index (Phi) is 4.95. The summed E-state index contributed by atoms with van der Waals surface area (Å²) in [7, 11) is 0. The van der Waals surface area contributed by atoms with Crippen LogP contribution in [0.4, 0.5) is 11.4 Å². The summed E-state index contributed by atoms with van der Waals surface area (Å²) in [5.41, 5.74) is 8.42. The van der Waals surface area contributed by atoms with E-state index < -0.39 is 0 Å². The SMILES string of the molecule is c1ccc(-c2cc3c4c(c2)N(c2ccccc2)C2CC(c5ccccc5)OC2B4c2ccccc2O3)cc1. The molecule has 0 amide bonds. The monoisotopic (exact) mass is 491 g/mol. The van der Waals surface area contributed by atoms with Crippen LogP contribution >= 0.6 is 0 Å². The van der Waals surface area contributed by atoms with Crippen LogP contribution in [0.1, 0.15) is 18.1 Å². The number of ether oxygens (including phenoxy) is 2. The van der Waals surface area contributed by atoms with E-state index in [4.69, 9.17) is 9.47 Å². The van der Waals surface area contributed by atoms with Crippen molar-refractivity contribution in [2.45, 2.75) is 24.6 Å². The lowest BCUT2D eigenvalue weighted by atomic mass is 9.33. The molecule has 0 spiro atoms. The van der Waals surface area contributed by atoms with Crippen molar-refractivity contribution in [3.8, 4) is 22.6 Å². The molecule has 4 heteroatoms. The molecule has 1 saturated heterocycles. The van der Waals surface area contributed by atoms with Gasteiger partial charge >= 0.3 is 0 Å². The molecule has 3 aliphatic heterocycles. The fourth-order valence-electron chi connectivity index (χ4n) is 6.67. The highest BCUT2D eigenvalue weighted by molar-refractivity contribution is 6.89. The molecule has 3 aliphatic rings. The number of nitrogens with zero attached hydrogens (tertiary/aromatic N) is 1. The molecule has 0 saturated carbocycles. The molecular weight excluding hydrogens is 465 g/mol. The molecule has 0 aliphatic carbocycles. The average Bonchev–Trinajstić information content (AvgIpc) is 3.43. The van der Waals surface area contributed by atoms with Crippen molar-refractivity contribution in [3.05, 3.63) is 133 Å². The summed E-state index contributed by atoms with van der Waals surface area (Å²) in [6, 6.07) is 45.3. The van der Waals surface area contributed by atoms with Crippen LogP contribution in [0.3, 0.4) is 0 Å². The van der Waals surface area contributed by atoms with Crippen molar-refractivity contribution < 1.29 is 9.47 Å². The van der Waals surface area contributed by atoms with E-state index >= 15 is 0 Å². The van der Waals surface area contributed by atoms with Gasteiger partial charge in [0.25, 0.3) is 6.71 Å². The van der Waals surface area contributed by atoms with E-state index in [1.165, 1.54) is 33.4 Å². The Hall–Kier alpha value is -4.28. The molecule has 38 heavy (non-hydrogen) atoms. The minimum atomic E-state index is -0.000660. The molecule has 5 aromatic rings. The summed E-state index contributed by atoms with van der Waals surface area (Å²) in [4.78, 5) is 2.52. The minimum absolute atomic E-state index is 0.000660. The molecule has 1 fully saturated rings. The Morgan fingerprint density at radius 2 is 1.34 bits per heavy atom. The van der Waals surface area contributed by atoms with E-state index in [0.29, 0.717) is 0 Å². The Balaban J connectivity index is 1.38. The van der Waals surface area contributed by atoms with E-state index in [0.717, 1.165) is 23.5 Å². The van der Waals surface area contributed by atoms with Crippen LogP contribution < -0.4 is 20.6 Å². The third-order valence-electron chi connectivity index (χ3n) is 8.29. The highest BCUT2D eigenvalue weighted by Crippen LogP contribution is 2.48. The zero-order chi connectivity index (χ0) is 25.1. The number of fused-ring (bicyclic) bond motifs is 4. The first kappa shape index (κ1) is 21.8. The highest BCUT2D eigenvalue weighted by Gasteiger charge is 2.54. The largest absolute Gasteiger partial charge is 0.458 e. The zero-order valence-corrected chi connectivity index (χ0v) is 20.9. The summed E-state index contributed by atoms with van der Waals surface area (Å²) < 4.78 is 13.7. The van der Waals surface area contributed by atoms with E-state index in [1.807, 2.05) is 0 Å². The number of benzene rings is 5. The molecule has 0 N–H and O–H groups in total. The van der Waals surface area contributed by atoms with Gasteiger partial charge in [-0.1, -0.05) is 97.1 Å². The summed E-state index contributed by atoms with van der Waals surface area (Å²) in [5, 5.41) is 0.